The number of amides is 1. The summed E-state index contributed by atoms with van der Waals surface area (Å²) in [6.07, 6.45) is -1.66. The summed E-state index contributed by atoms with van der Waals surface area (Å²) in [5.41, 5.74) is 7.36. The number of fused-ring (bicyclic) bond motifs is 1. The summed E-state index contributed by atoms with van der Waals surface area (Å²) in [7, 11) is 1.57. The first-order valence-electron chi connectivity index (χ1n) is 7.13. The lowest BCUT2D eigenvalue weighted by Crippen LogP contribution is -2.48. The molecule has 0 fully saturated rings. The van der Waals surface area contributed by atoms with Crippen LogP contribution in [0, 0.1) is 0 Å². The first-order valence-corrected chi connectivity index (χ1v) is 7.13. The molecule has 0 saturated heterocycles. The summed E-state index contributed by atoms with van der Waals surface area (Å²) in [4.78, 5) is 13.7. The molecule has 1 aromatic carbocycles. The van der Waals surface area contributed by atoms with Crippen molar-refractivity contribution in [1.29, 1.82) is 0 Å². The largest absolute Gasteiger partial charge is 0.479 e. The van der Waals surface area contributed by atoms with Crippen LogP contribution >= 0.6 is 0 Å². The number of rotatable bonds is 6. The number of methoxy groups -OCH3 is 1. The average molecular weight is 310 g/mol. The zero-order valence-corrected chi connectivity index (χ0v) is 12.7. The highest BCUT2D eigenvalue weighted by molar-refractivity contribution is 6.00. The van der Waals surface area contributed by atoms with Crippen molar-refractivity contribution in [3.8, 4) is 5.75 Å². The summed E-state index contributed by atoms with van der Waals surface area (Å²) in [6, 6.07) is 5.01. The Labute approximate surface area is 129 Å². The van der Waals surface area contributed by atoms with Crippen molar-refractivity contribution in [3.05, 3.63) is 23.8 Å². The van der Waals surface area contributed by atoms with Gasteiger partial charge in [0.25, 0.3) is 5.91 Å². The highest BCUT2D eigenvalue weighted by Crippen LogP contribution is 2.36. The van der Waals surface area contributed by atoms with E-state index in [1.807, 2.05) is 6.07 Å². The van der Waals surface area contributed by atoms with E-state index >= 15 is 0 Å². The smallest absolute Gasteiger partial charge is 0.267 e. The first-order chi connectivity index (χ1) is 10.5. The molecule has 7 nitrogen and oxygen atoms in total. The molecule has 7 heteroatoms. The summed E-state index contributed by atoms with van der Waals surface area (Å²) in [6.45, 7) is 1.58. The number of carbonyl (C=O) groups is 1. The SMILES string of the molecule is COCC(N)c1ccc2c(c1)N(CC(O)CO)C(=O)C(C)O2. The Morgan fingerprint density at radius 2 is 2.23 bits per heavy atom. The fourth-order valence-corrected chi connectivity index (χ4v) is 2.39. The van der Waals surface area contributed by atoms with Gasteiger partial charge in [-0.1, -0.05) is 6.07 Å². The van der Waals surface area contributed by atoms with Gasteiger partial charge in [0, 0.05) is 7.11 Å². The van der Waals surface area contributed by atoms with E-state index in [0.717, 1.165) is 5.56 Å². The molecule has 4 N–H and O–H groups in total. The highest BCUT2D eigenvalue weighted by atomic mass is 16.5. The van der Waals surface area contributed by atoms with Crippen LogP contribution in [-0.4, -0.2) is 55.2 Å². The average Bonchev–Trinajstić information content (AvgIpc) is 2.51. The number of hydrogen-bond acceptors (Lipinski definition) is 6. The van der Waals surface area contributed by atoms with Crippen LogP contribution in [0.25, 0.3) is 0 Å². The number of β-amino-alcohol motifs (C(OH)–C–C–N with tert-alkyl or cyclic N) is 1. The van der Waals surface area contributed by atoms with E-state index in [-0.39, 0.29) is 18.5 Å². The molecular weight excluding hydrogens is 288 g/mol. The zero-order valence-electron chi connectivity index (χ0n) is 12.7. The molecule has 22 heavy (non-hydrogen) atoms. The van der Waals surface area contributed by atoms with E-state index in [0.29, 0.717) is 18.0 Å². The Morgan fingerprint density at radius 1 is 1.50 bits per heavy atom. The zero-order chi connectivity index (χ0) is 16.3. The van der Waals surface area contributed by atoms with Crippen LogP contribution in [0.15, 0.2) is 18.2 Å². The summed E-state index contributed by atoms with van der Waals surface area (Å²) in [5, 5.41) is 18.7. The van der Waals surface area contributed by atoms with Crippen molar-refractivity contribution < 1.29 is 24.5 Å². The van der Waals surface area contributed by atoms with Crippen molar-refractivity contribution >= 4 is 11.6 Å². The van der Waals surface area contributed by atoms with Crippen molar-refractivity contribution in [2.24, 2.45) is 5.73 Å². The van der Waals surface area contributed by atoms with E-state index in [2.05, 4.69) is 0 Å². The van der Waals surface area contributed by atoms with E-state index in [1.54, 1.807) is 26.2 Å². The number of ether oxygens (including phenoxy) is 2. The Kier molecular flexibility index (Phi) is 5.36. The molecule has 3 atom stereocenters. The van der Waals surface area contributed by atoms with Crippen LogP contribution in [0.5, 0.6) is 5.75 Å². The third-order valence-corrected chi connectivity index (χ3v) is 3.57. The van der Waals surface area contributed by atoms with Gasteiger partial charge >= 0.3 is 0 Å². The second-order valence-corrected chi connectivity index (χ2v) is 5.33. The first kappa shape index (κ1) is 16.7. The second-order valence-electron chi connectivity index (χ2n) is 5.33. The van der Waals surface area contributed by atoms with Gasteiger partial charge in [0.05, 0.1) is 37.6 Å². The molecule has 122 valence electrons. The lowest BCUT2D eigenvalue weighted by Gasteiger charge is -2.34. The van der Waals surface area contributed by atoms with Gasteiger partial charge in [-0.25, -0.2) is 0 Å². The monoisotopic (exact) mass is 310 g/mol. The molecule has 0 bridgehead atoms. The third kappa shape index (κ3) is 3.38. The van der Waals surface area contributed by atoms with Gasteiger partial charge in [0.2, 0.25) is 0 Å². The maximum absolute atomic E-state index is 12.3. The van der Waals surface area contributed by atoms with Gasteiger partial charge in [-0.3, -0.25) is 4.79 Å². The topological polar surface area (TPSA) is 105 Å². The molecule has 0 aromatic heterocycles. The van der Waals surface area contributed by atoms with Gasteiger partial charge in [-0.05, 0) is 24.6 Å². The number of anilines is 1. The molecule has 3 unspecified atom stereocenters. The van der Waals surface area contributed by atoms with Crippen LogP contribution in [0.2, 0.25) is 0 Å². The van der Waals surface area contributed by atoms with Gasteiger partial charge in [0.1, 0.15) is 5.75 Å². The Morgan fingerprint density at radius 3 is 2.86 bits per heavy atom. The molecular formula is C15H22N2O5. The van der Waals surface area contributed by atoms with Crippen molar-refractivity contribution in [1.82, 2.24) is 0 Å². The number of aliphatic hydroxyl groups is 2. The quantitative estimate of drug-likeness (QED) is 0.672. The van der Waals surface area contributed by atoms with E-state index in [4.69, 9.17) is 20.3 Å². The minimum atomic E-state index is -1.02. The van der Waals surface area contributed by atoms with Crippen LogP contribution in [0.4, 0.5) is 5.69 Å². The minimum Gasteiger partial charge on any atom is -0.479 e. The number of benzene rings is 1. The molecule has 0 spiro atoms. The van der Waals surface area contributed by atoms with Crippen molar-refractivity contribution in [2.45, 2.75) is 25.2 Å². The lowest BCUT2D eigenvalue weighted by molar-refractivity contribution is -0.126. The summed E-state index contributed by atoms with van der Waals surface area (Å²) in [5.74, 6) is 0.281. The standard InChI is InChI=1S/C15H22N2O5/c1-9-15(20)17(6-11(19)7-18)13-5-10(12(16)8-21-2)3-4-14(13)22-9/h3-5,9,11-12,18-19H,6-8,16H2,1-2H3. The van der Waals surface area contributed by atoms with E-state index < -0.39 is 18.8 Å². The highest BCUT2D eigenvalue weighted by Gasteiger charge is 2.33. The molecule has 1 aromatic rings. The molecule has 2 rings (SSSR count). The Balaban J connectivity index is 2.36. The lowest BCUT2D eigenvalue weighted by atomic mass is 10.0. The molecule has 1 amide bonds. The van der Waals surface area contributed by atoms with Crippen LogP contribution in [-0.2, 0) is 9.53 Å². The summed E-state index contributed by atoms with van der Waals surface area (Å²) >= 11 is 0. The van der Waals surface area contributed by atoms with Crippen LogP contribution in [0.3, 0.4) is 0 Å². The number of carbonyl (C=O) groups excluding carboxylic acids is 1. The van der Waals surface area contributed by atoms with E-state index in [1.165, 1.54) is 4.90 Å². The maximum Gasteiger partial charge on any atom is 0.267 e. The second kappa shape index (κ2) is 7.06. The fraction of sp³-hybridized carbons (Fsp3) is 0.533. The molecule has 0 aliphatic carbocycles. The van der Waals surface area contributed by atoms with Gasteiger partial charge in [-0.15, -0.1) is 0 Å². The number of aliphatic hydroxyl groups excluding tert-OH is 2. The predicted molar refractivity (Wildman–Crippen MR) is 80.8 cm³/mol. The molecule has 0 saturated carbocycles. The molecule has 1 aliphatic heterocycles. The maximum atomic E-state index is 12.3. The Hall–Kier alpha value is -1.67. The third-order valence-electron chi connectivity index (χ3n) is 3.57. The van der Waals surface area contributed by atoms with Gasteiger partial charge < -0.3 is 30.3 Å². The fourth-order valence-electron chi connectivity index (χ4n) is 2.39. The molecule has 1 aliphatic rings. The van der Waals surface area contributed by atoms with Crippen molar-refractivity contribution in [3.63, 3.8) is 0 Å². The number of hydrogen-bond donors (Lipinski definition) is 3. The van der Waals surface area contributed by atoms with E-state index in [9.17, 15) is 9.90 Å². The number of nitrogens with zero attached hydrogens (tertiary/aromatic N) is 1. The Bertz CT molecular complexity index is 537. The predicted octanol–water partition coefficient (Wildman–Crippen LogP) is -0.200. The summed E-state index contributed by atoms with van der Waals surface area (Å²) < 4.78 is 10.6. The van der Waals surface area contributed by atoms with Crippen molar-refractivity contribution in [2.75, 3.05) is 31.8 Å². The van der Waals surface area contributed by atoms with Crippen LogP contribution < -0.4 is 15.4 Å². The number of nitrogens with two attached hydrogens (primary N) is 1. The van der Waals surface area contributed by atoms with Crippen LogP contribution in [0.1, 0.15) is 18.5 Å². The van der Waals surface area contributed by atoms with Gasteiger partial charge in [-0.2, -0.15) is 0 Å². The minimum absolute atomic E-state index is 0.000990. The van der Waals surface area contributed by atoms with Gasteiger partial charge in [0.15, 0.2) is 6.10 Å². The molecule has 1 heterocycles. The normalized spacial score (nSPS) is 20.3. The molecule has 0 radical (unpaired) electrons.